The third-order valence-electron chi connectivity index (χ3n) is 7.12. The normalized spacial score (nSPS) is 20.8. The highest BCUT2D eigenvalue weighted by Crippen LogP contribution is 2.43. The monoisotopic (exact) mass is 555 g/mol. The summed E-state index contributed by atoms with van der Waals surface area (Å²) in [5.74, 6) is -1.91. The minimum Gasteiger partial charge on any atom is -0.481 e. The Morgan fingerprint density at radius 3 is 2.24 bits per heavy atom. The summed E-state index contributed by atoms with van der Waals surface area (Å²) >= 11 is 1.49. The molecule has 0 saturated carbocycles. The minimum atomic E-state index is -4.07. The zero-order chi connectivity index (χ0) is 27.7. The zero-order valence-electron chi connectivity index (χ0n) is 22.1. The molecule has 0 aromatic heterocycles. The van der Waals surface area contributed by atoms with Crippen molar-refractivity contribution in [3.05, 3.63) is 101 Å². The Morgan fingerprint density at radius 1 is 1.03 bits per heavy atom. The molecule has 3 atom stereocenters. The molecule has 3 aromatic carbocycles. The van der Waals surface area contributed by atoms with Crippen LogP contribution in [0.5, 0.6) is 0 Å². The van der Waals surface area contributed by atoms with E-state index in [1.54, 1.807) is 30.3 Å². The second kappa shape index (κ2) is 11.2. The van der Waals surface area contributed by atoms with E-state index in [2.05, 4.69) is 45.0 Å². The molecule has 0 bridgehead atoms. The molecule has 0 unspecified atom stereocenters. The van der Waals surface area contributed by atoms with Gasteiger partial charge in [0.25, 0.3) is 0 Å². The lowest BCUT2D eigenvalue weighted by Crippen LogP contribution is -2.49. The number of sulfonamides is 1. The fraction of sp³-hybridized carbons (Fsp3) is 0.367. The maximum Gasteiger partial charge on any atom is 0.308 e. The van der Waals surface area contributed by atoms with E-state index >= 15 is 4.39 Å². The van der Waals surface area contributed by atoms with Crippen LogP contribution in [0.1, 0.15) is 55.5 Å². The third-order valence-corrected chi connectivity index (χ3v) is 10.5. The fourth-order valence-electron chi connectivity index (χ4n) is 4.80. The minimum absolute atomic E-state index is 0.0306. The fourth-order valence-corrected chi connectivity index (χ4v) is 7.80. The first-order valence-electron chi connectivity index (χ1n) is 12.6. The molecule has 0 amide bonds. The molecule has 8 heteroatoms. The zero-order valence-corrected chi connectivity index (χ0v) is 23.7. The Labute approximate surface area is 229 Å². The number of piperidine rings is 1. The van der Waals surface area contributed by atoms with Gasteiger partial charge in [0.2, 0.25) is 10.0 Å². The van der Waals surface area contributed by atoms with Gasteiger partial charge in [-0.05, 0) is 48.1 Å². The van der Waals surface area contributed by atoms with Gasteiger partial charge in [0.05, 0.1) is 16.9 Å². The van der Waals surface area contributed by atoms with Gasteiger partial charge in [0.15, 0.2) is 0 Å². The first-order chi connectivity index (χ1) is 17.9. The molecule has 1 N–H and O–H groups in total. The van der Waals surface area contributed by atoms with Crippen molar-refractivity contribution in [3.8, 4) is 0 Å². The summed E-state index contributed by atoms with van der Waals surface area (Å²) in [7, 11) is -4.07. The number of nitrogens with zero attached hydrogens (tertiary/aromatic N) is 1. The van der Waals surface area contributed by atoms with Crippen molar-refractivity contribution in [2.45, 2.75) is 61.5 Å². The van der Waals surface area contributed by atoms with Gasteiger partial charge in [-0.15, -0.1) is 0 Å². The van der Waals surface area contributed by atoms with Gasteiger partial charge in [0.1, 0.15) is 5.82 Å². The third kappa shape index (κ3) is 6.14. The number of halogens is 1. The number of carboxylic acids is 1. The van der Waals surface area contributed by atoms with E-state index in [1.807, 2.05) is 6.92 Å². The molecule has 38 heavy (non-hydrogen) atoms. The summed E-state index contributed by atoms with van der Waals surface area (Å²) in [6.45, 7) is 8.07. The van der Waals surface area contributed by atoms with Crippen LogP contribution in [0.2, 0.25) is 0 Å². The van der Waals surface area contributed by atoms with Crippen LogP contribution in [0.25, 0.3) is 0 Å². The van der Waals surface area contributed by atoms with E-state index in [1.165, 1.54) is 39.8 Å². The first kappa shape index (κ1) is 28.3. The lowest BCUT2D eigenvalue weighted by Gasteiger charge is -2.41. The van der Waals surface area contributed by atoms with Gasteiger partial charge >= 0.3 is 5.97 Å². The molecule has 202 valence electrons. The van der Waals surface area contributed by atoms with Crippen molar-refractivity contribution in [1.82, 2.24) is 4.31 Å². The van der Waals surface area contributed by atoms with Gasteiger partial charge in [-0.2, -0.15) is 16.1 Å². The molecule has 1 aliphatic heterocycles. The topological polar surface area (TPSA) is 74.7 Å². The van der Waals surface area contributed by atoms with E-state index in [0.717, 1.165) is 11.1 Å². The number of hydrogen-bond acceptors (Lipinski definition) is 4. The molecular formula is C30H34FNO4S2. The van der Waals surface area contributed by atoms with Crippen LogP contribution in [0.3, 0.4) is 0 Å². The smallest absolute Gasteiger partial charge is 0.308 e. The highest BCUT2D eigenvalue weighted by molar-refractivity contribution is 7.99. The molecule has 3 aromatic rings. The lowest BCUT2D eigenvalue weighted by atomic mass is 9.87. The van der Waals surface area contributed by atoms with Crippen molar-refractivity contribution >= 4 is 27.8 Å². The average Bonchev–Trinajstić information content (AvgIpc) is 2.87. The van der Waals surface area contributed by atoms with Gasteiger partial charge in [-0.3, -0.25) is 4.79 Å². The average molecular weight is 556 g/mol. The number of rotatable bonds is 7. The molecule has 1 aliphatic rings. The molecule has 1 heterocycles. The van der Waals surface area contributed by atoms with Crippen molar-refractivity contribution in [2.24, 2.45) is 5.92 Å². The highest BCUT2D eigenvalue weighted by atomic mass is 32.2. The van der Waals surface area contributed by atoms with E-state index in [4.69, 9.17) is 0 Å². The summed E-state index contributed by atoms with van der Waals surface area (Å²) < 4.78 is 43.7. The summed E-state index contributed by atoms with van der Waals surface area (Å²) in [5, 5.41) is 9.73. The maximum atomic E-state index is 15.0. The van der Waals surface area contributed by atoms with Crippen LogP contribution in [0.15, 0.2) is 77.7 Å². The van der Waals surface area contributed by atoms with Crippen LogP contribution in [-0.2, 0) is 26.0 Å². The van der Waals surface area contributed by atoms with E-state index in [-0.39, 0.29) is 28.8 Å². The first-order valence-corrected chi connectivity index (χ1v) is 15.1. The molecule has 0 spiro atoms. The standard InChI is InChI=1S/C30H34FNO4S2/c1-20-9-15-23(16-10-20)38(35,36)32-18-25(29(33)34)28(17-27(32)24-7-5-6-8-26(24)31)37-19-21-11-13-22(14-12-21)30(2,3)4/h5-16,25,27-28H,17-19H2,1-4H3,(H,33,34)/t25-,27+,28-/m1/s1. The largest absolute Gasteiger partial charge is 0.481 e. The Bertz CT molecular complexity index is 1380. The predicted octanol–water partition coefficient (Wildman–Crippen LogP) is 6.57. The van der Waals surface area contributed by atoms with Crippen molar-refractivity contribution in [1.29, 1.82) is 0 Å². The summed E-state index contributed by atoms with van der Waals surface area (Å²) in [4.78, 5) is 12.5. The van der Waals surface area contributed by atoms with Crippen molar-refractivity contribution in [3.63, 3.8) is 0 Å². The summed E-state index contributed by atoms with van der Waals surface area (Å²) in [6.07, 6.45) is 0.188. The predicted molar refractivity (Wildman–Crippen MR) is 150 cm³/mol. The number of benzene rings is 3. The van der Waals surface area contributed by atoms with Gasteiger partial charge < -0.3 is 5.11 Å². The number of aliphatic carboxylic acids is 1. The van der Waals surface area contributed by atoms with Crippen LogP contribution in [-0.4, -0.2) is 35.6 Å². The Hall–Kier alpha value is -2.68. The lowest BCUT2D eigenvalue weighted by molar-refractivity contribution is -0.143. The quantitative estimate of drug-likeness (QED) is 0.357. The van der Waals surface area contributed by atoms with E-state index in [0.29, 0.717) is 5.75 Å². The Balaban J connectivity index is 1.66. The molecule has 4 rings (SSSR count). The Kier molecular flexibility index (Phi) is 8.35. The number of carbonyl (C=O) groups is 1. The summed E-state index contributed by atoms with van der Waals surface area (Å²) in [5.41, 5.74) is 3.46. The molecule has 0 aliphatic carbocycles. The van der Waals surface area contributed by atoms with Crippen LogP contribution < -0.4 is 0 Å². The summed E-state index contributed by atoms with van der Waals surface area (Å²) in [6, 6.07) is 20.0. The molecule has 1 saturated heterocycles. The van der Waals surface area contributed by atoms with Crippen LogP contribution in [0.4, 0.5) is 4.39 Å². The van der Waals surface area contributed by atoms with E-state index in [9.17, 15) is 18.3 Å². The van der Waals surface area contributed by atoms with Crippen LogP contribution >= 0.6 is 11.8 Å². The maximum absolute atomic E-state index is 15.0. The highest BCUT2D eigenvalue weighted by Gasteiger charge is 2.46. The second-order valence-corrected chi connectivity index (χ2v) is 14.0. The Morgan fingerprint density at radius 2 is 1.66 bits per heavy atom. The van der Waals surface area contributed by atoms with Gasteiger partial charge in [-0.1, -0.05) is 80.9 Å². The van der Waals surface area contributed by atoms with Crippen molar-refractivity contribution in [2.75, 3.05) is 6.54 Å². The number of hydrogen-bond donors (Lipinski definition) is 1. The molecule has 5 nitrogen and oxygen atoms in total. The number of thioether (sulfide) groups is 1. The second-order valence-electron chi connectivity index (χ2n) is 10.9. The van der Waals surface area contributed by atoms with Gasteiger partial charge in [-0.25, -0.2) is 12.8 Å². The number of carboxylic acid groups (broad SMARTS) is 1. The van der Waals surface area contributed by atoms with E-state index < -0.39 is 39.0 Å². The SMILES string of the molecule is Cc1ccc(S(=O)(=O)N2C[C@@H](C(=O)O)[C@H](SCc3ccc(C(C)(C)C)cc3)C[C@H]2c2ccccc2F)cc1. The van der Waals surface area contributed by atoms with Gasteiger partial charge in [0, 0.05) is 23.1 Å². The molecular weight excluding hydrogens is 521 g/mol. The number of aryl methyl sites for hydroxylation is 1. The van der Waals surface area contributed by atoms with Crippen LogP contribution in [0, 0.1) is 18.7 Å². The van der Waals surface area contributed by atoms with Crippen molar-refractivity contribution < 1.29 is 22.7 Å². The molecule has 0 radical (unpaired) electrons. The molecule has 1 fully saturated rings.